The van der Waals surface area contributed by atoms with Crippen LogP contribution in [0.25, 0.3) is 0 Å². The highest BCUT2D eigenvalue weighted by Crippen LogP contribution is 2.23. The first kappa shape index (κ1) is 11.9. The smallest absolute Gasteiger partial charge is 0.0614 e. The monoisotopic (exact) mass is 176 g/mol. The van der Waals surface area contributed by atoms with Crippen LogP contribution < -0.4 is 0 Å². The van der Waals surface area contributed by atoms with Gasteiger partial charge in [0, 0.05) is 5.41 Å². The van der Waals surface area contributed by atoms with Gasteiger partial charge in [-0.2, -0.15) is 0 Å². The number of hydrogen-bond donors (Lipinski definition) is 3. The van der Waals surface area contributed by atoms with Gasteiger partial charge in [-0.25, -0.2) is 0 Å². The lowest BCUT2D eigenvalue weighted by Crippen LogP contribution is -2.33. The van der Waals surface area contributed by atoms with E-state index in [0.29, 0.717) is 12.8 Å². The van der Waals surface area contributed by atoms with Gasteiger partial charge in [0.1, 0.15) is 0 Å². The van der Waals surface area contributed by atoms with Gasteiger partial charge in [0.25, 0.3) is 0 Å². The van der Waals surface area contributed by atoms with E-state index >= 15 is 0 Å². The molecule has 3 N–H and O–H groups in total. The number of rotatable bonds is 5. The second-order valence-electron chi connectivity index (χ2n) is 4.09. The van der Waals surface area contributed by atoms with Crippen LogP contribution in [0.5, 0.6) is 0 Å². The minimum absolute atomic E-state index is 0.0338. The van der Waals surface area contributed by atoms with Crippen LogP contribution in [0.15, 0.2) is 0 Å². The van der Waals surface area contributed by atoms with Crippen LogP contribution in [-0.2, 0) is 0 Å². The Balaban J connectivity index is 3.78. The Labute approximate surface area is 74.0 Å². The Morgan fingerprint density at radius 1 is 1.17 bits per heavy atom. The van der Waals surface area contributed by atoms with E-state index in [4.69, 9.17) is 10.2 Å². The Morgan fingerprint density at radius 2 is 1.67 bits per heavy atom. The summed E-state index contributed by atoms with van der Waals surface area (Å²) in [5, 5.41) is 27.4. The first-order chi connectivity index (χ1) is 5.40. The van der Waals surface area contributed by atoms with Gasteiger partial charge in [0.15, 0.2) is 0 Å². The molecule has 12 heavy (non-hydrogen) atoms. The van der Waals surface area contributed by atoms with Crippen molar-refractivity contribution in [3.05, 3.63) is 0 Å². The highest BCUT2D eigenvalue weighted by atomic mass is 16.3. The van der Waals surface area contributed by atoms with E-state index in [2.05, 4.69) is 0 Å². The minimum Gasteiger partial charge on any atom is -0.396 e. The summed E-state index contributed by atoms with van der Waals surface area (Å²) in [6.45, 7) is 5.27. The number of aliphatic hydroxyl groups is 3. The summed E-state index contributed by atoms with van der Waals surface area (Å²) < 4.78 is 0. The first-order valence-corrected chi connectivity index (χ1v) is 4.37. The Kier molecular flexibility index (Phi) is 4.75. The summed E-state index contributed by atoms with van der Waals surface area (Å²) in [4.78, 5) is 0. The normalized spacial score (nSPS) is 17.5. The molecule has 0 radical (unpaired) electrons. The van der Waals surface area contributed by atoms with Gasteiger partial charge in [-0.3, -0.25) is 0 Å². The predicted octanol–water partition coefficient (Wildman–Crippen LogP) is 0.527. The van der Waals surface area contributed by atoms with Crippen LogP contribution in [0.2, 0.25) is 0 Å². The second kappa shape index (κ2) is 4.80. The molecule has 2 atom stereocenters. The number of aliphatic hydroxyl groups excluding tert-OH is 3. The Bertz CT molecular complexity index is 121. The third-order valence-corrected chi connectivity index (χ3v) is 2.17. The zero-order valence-electron chi connectivity index (χ0n) is 8.12. The lowest BCUT2D eigenvalue weighted by molar-refractivity contribution is -0.00463. The maximum atomic E-state index is 9.55. The molecule has 0 fully saturated rings. The molecule has 3 nitrogen and oxygen atoms in total. The maximum absolute atomic E-state index is 9.55. The third-order valence-electron chi connectivity index (χ3n) is 2.17. The van der Waals surface area contributed by atoms with Gasteiger partial charge in [0.05, 0.1) is 18.8 Å². The summed E-state index contributed by atoms with van der Waals surface area (Å²) >= 11 is 0. The van der Waals surface area contributed by atoms with Gasteiger partial charge in [-0.05, 0) is 19.8 Å². The topological polar surface area (TPSA) is 60.7 Å². The fourth-order valence-corrected chi connectivity index (χ4v) is 0.895. The molecule has 74 valence electrons. The summed E-state index contributed by atoms with van der Waals surface area (Å²) in [7, 11) is 0. The fraction of sp³-hybridized carbons (Fsp3) is 1.00. The molecular weight excluding hydrogens is 156 g/mol. The summed E-state index contributed by atoms with van der Waals surface area (Å²) in [6, 6.07) is 0. The molecular formula is C9H20O3. The average Bonchev–Trinajstić information content (AvgIpc) is 2.00. The van der Waals surface area contributed by atoms with Crippen LogP contribution in [0.3, 0.4) is 0 Å². The van der Waals surface area contributed by atoms with E-state index in [1.807, 2.05) is 0 Å². The fourth-order valence-electron chi connectivity index (χ4n) is 0.895. The molecule has 0 aliphatic heterocycles. The highest BCUT2D eigenvalue weighted by Gasteiger charge is 2.26. The SMILES string of the molecule is CC(O)CCC(O)C(C)(C)CO. The molecule has 0 aromatic carbocycles. The van der Waals surface area contributed by atoms with E-state index in [-0.39, 0.29) is 12.7 Å². The first-order valence-electron chi connectivity index (χ1n) is 4.37. The molecule has 0 saturated heterocycles. The zero-order valence-corrected chi connectivity index (χ0v) is 8.12. The lowest BCUT2D eigenvalue weighted by atomic mass is 9.85. The Morgan fingerprint density at radius 3 is 2.00 bits per heavy atom. The van der Waals surface area contributed by atoms with Gasteiger partial charge >= 0.3 is 0 Å². The standard InChI is InChI=1S/C9H20O3/c1-7(11)4-5-8(12)9(2,3)6-10/h7-8,10-12H,4-6H2,1-3H3. The van der Waals surface area contributed by atoms with E-state index in [9.17, 15) is 5.11 Å². The molecule has 0 rings (SSSR count). The van der Waals surface area contributed by atoms with E-state index in [1.165, 1.54) is 0 Å². The van der Waals surface area contributed by atoms with E-state index in [0.717, 1.165) is 0 Å². The summed E-state index contributed by atoms with van der Waals surface area (Å²) in [5.41, 5.74) is -0.463. The summed E-state index contributed by atoms with van der Waals surface area (Å²) in [6.07, 6.45) is 0.182. The molecule has 0 aliphatic carbocycles. The van der Waals surface area contributed by atoms with Gasteiger partial charge in [0.2, 0.25) is 0 Å². The van der Waals surface area contributed by atoms with Crippen molar-refractivity contribution < 1.29 is 15.3 Å². The molecule has 3 heteroatoms. The van der Waals surface area contributed by atoms with Crippen molar-refractivity contribution in [2.24, 2.45) is 5.41 Å². The third kappa shape index (κ3) is 4.04. The molecule has 0 aliphatic rings. The van der Waals surface area contributed by atoms with Crippen LogP contribution >= 0.6 is 0 Å². The maximum Gasteiger partial charge on any atom is 0.0614 e. The van der Waals surface area contributed by atoms with Crippen molar-refractivity contribution >= 4 is 0 Å². The van der Waals surface area contributed by atoms with E-state index < -0.39 is 11.5 Å². The zero-order chi connectivity index (χ0) is 9.78. The average molecular weight is 176 g/mol. The van der Waals surface area contributed by atoms with Gasteiger partial charge < -0.3 is 15.3 Å². The molecule has 0 heterocycles. The second-order valence-corrected chi connectivity index (χ2v) is 4.09. The molecule has 0 bridgehead atoms. The summed E-state index contributed by atoms with van der Waals surface area (Å²) in [5.74, 6) is 0. The number of hydrogen-bond acceptors (Lipinski definition) is 3. The minimum atomic E-state index is -0.544. The largest absolute Gasteiger partial charge is 0.396 e. The molecule has 0 aromatic rings. The van der Waals surface area contributed by atoms with Gasteiger partial charge in [-0.15, -0.1) is 0 Å². The quantitative estimate of drug-likeness (QED) is 0.572. The van der Waals surface area contributed by atoms with Crippen molar-refractivity contribution in [3.63, 3.8) is 0 Å². The van der Waals surface area contributed by atoms with Crippen molar-refractivity contribution in [3.8, 4) is 0 Å². The van der Waals surface area contributed by atoms with Gasteiger partial charge in [-0.1, -0.05) is 13.8 Å². The predicted molar refractivity (Wildman–Crippen MR) is 47.8 cm³/mol. The van der Waals surface area contributed by atoms with Crippen molar-refractivity contribution in [2.75, 3.05) is 6.61 Å². The molecule has 2 unspecified atom stereocenters. The van der Waals surface area contributed by atoms with E-state index in [1.54, 1.807) is 20.8 Å². The molecule has 0 spiro atoms. The Hall–Kier alpha value is -0.120. The van der Waals surface area contributed by atoms with Crippen molar-refractivity contribution in [1.82, 2.24) is 0 Å². The molecule has 0 aromatic heterocycles. The van der Waals surface area contributed by atoms with Crippen molar-refractivity contribution in [2.45, 2.75) is 45.8 Å². The van der Waals surface area contributed by atoms with Crippen molar-refractivity contribution in [1.29, 1.82) is 0 Å². The lowest BCUT2D eigenvalue weighted by Gasteiger charge is -2.28. The highest BCUT2D eigenvalue weighted by molar-refractivity contribution is 4.77. The van der Waals surface area contributed by atoms with Crippen LogP contribution in [-0.4, -0.2) is 34.1 Å². The molecule has 0 saturated carbocycles. The van der Waals surface area contributed by atoms with Crippen LogP contribution in [0, 0.1) is 5.41 Å². The van der Waals surface area contributed by atoms with Crippen LogP contribution in [0.1, 0.15) is 33.6 Å². The molecule has 0 amide bonds. The van der Waals surface area contributed by atoms with Crippen LogP contribution in [0.4, 0.5) is 0 Å².